The van der Waals surface area contributed by atoms with Crippen molar-refractivity contribution in [1.29, 1.82) is 0 Å². The Balaban J connectivity index is 1.70. The van der Waals surface area contributed by atoms with Crippen molar-refractivity contribution < 1.29 is 0 Å². The first kappa shape index (κ1) is 22.5. The van der Waals surface area contributed by atoms with E-state index < -0.39 is 0 Å². The molecule has 0 unspecified atom stereocenters. The summed E-state index contributed by atoms with van der Waals surface area (Å²) in [6.45, 7) is 7.26. The number of aryl methyl sites for hydroxylation is 1. The van der Waals surface area contributed by atoms with E-state index in [1.165, 1.54) is 22.5 Å². The molecule has 0 radical (unpaired) electrons. The maximum atomic E-state index is 5.83. The van der Waals surface area contributed by atoms with Gasteiger partial charge in [-0.15, -0.1) is 0 Å². The van der Waals surface area contributed by atoms with E-state index in [1.807, 2.05) is 12.3 Å². The Bertz CT molecular complexity index is 1040. The first-order valence-corrected chi connectivity index (χ1v) is 11.7. The largest absolute Gasteiger partial charge is 0.352 e. The van der Waals surface area contributed by atoms with E-state index in [9.17, 15) is 0 Å². The van der Waals surface area contributed by atoms with Gasteiger partial charge in [-0.25, -0.2) is 0 Å². The molecule has 3 aromatic rings. The number of aromatic nitrogens is 2. The number of pyridine rings is 1. The van der Waals surface area contributed by atoms with Crippen molar-refractivity contribution in [3.05, 3.63) is 89.0 Å². The molecule has 1 aromatic carbocycles. The lowest BCUT2D eigenvalue weighted by Gasteiger charge is -2.28. The Labute approximate surface area is 197 Å². The highest BCUT2D eigenvalue weighted by Crippen LogP contribution is 2.41. The lowest BCUT2D eigenvalue weighted by atomic mass is 9.96. The number of nitrogens with one attached hydrogen (secondary N) is 1. The highest BCUT2D eigenvalue weighted by Gasteiger charge is 2.41. The van der Waals surface area contributed by atoms with Gasteiger partial charge in [0.15, 0.2) is 5.11 Å². The maximum Gasteiger partial charge on any atom is 0.170 e. The normalized spacial score (nSPS) is 18.4. The first-order chi connectivity index (χ1) is 15.5. The minimum Gasteiger partial charge on any atom is -0.352 e. The zero-order valence-electron chi connectivity index (χ0n) is 19.5. The molecule has 0 aliphatic carbocycles. The first-order valence-electron chi connectivity index (χ1n) is 11.3. The molecule has 4 rings (SSSR count). The Kier molecular flexibility index (Phi) is 6.92. The van der Waals surface area contributed by atoms with Gasteiger partial charge in [0.25, 0.3) is 0 Å². The second-order valence-corrected chi connectivity index (χ2v) is 9.26. The summed E-state index contributed by atoms with van der Waals surface area (Å²) in [6, 6.07) is 19.3. The molecular formula is C26H33N5S. The molecule has 3 heterocycles. The minimum absolute atomic E-state index is 0.0359. The van der Waals surface area contributed by atoms with Crippen LogP contribution in [0.3, 0.4) is 0 Å². The third-order valence-electron chi connectivity index (χ3n) is 6.32. The standard InChI is InChI=1S/C26H33N5S/c1-19-17-22(20(2)31(19)18-21-11-6-5-7-12-21)25-24(23-13-8-9-14-27-23)28-26(32)30(25)16-10-15-29(3)4/h5-9,11-14,17,24-25H,10,15-16,18H2,1-4H3,(H,28,32)/t24-,25-/m0/s1. The smallest absolute Gasteiger partial charge is 0.170 e. The monoisotopic (exact) mass is 447 g/mol. The molecule has 168 valence electrons. The predicted molar refractivity (Wildman–Crippen MR) is 135 cm³/mol. The van der Waals surface area contributed by atoms with Crippen LogP contribution < -0.4 is 5.32 Å². The fourth-order valence-corrected chi connectivity index (χ4v) is 5.01. The third kappa shape index (κ3) is 4.71. The molecule has 5 nitrogen and oxygen atoms in total. The Morgan fingerprint density at radius 2 is 1.81 bits per heavy atom. The summed E-state index contributed by atoms with van der Waals surface area (Å²) in [5.74, 6) is 0. The van der Waals surface area contributed by atoms with Gasteiger partial charge in [-0.3, -0.25) is 4.98 Å². The molecule has 6 heteroatoms. The number of thiocarbonyl (C=S) groups is 1. The van der Waals surface area contributed by atoms with Crippen molar-refractivity contribution in [3.8, 4) is 0 Å². The molecule has 1 aliphatic rings. The van der Waals surface area contributed by atoms with Crippen LogP contribution in [0, 0.1) is 13.8 Å². The van der Waals surface area contributed by atoms with Crippen LogP contribution in [0.1, 0.15) is 46.7 Å². The van der Waals surface area contributed by atoms with Gasteiger partial charge < -0.3 is 19.7 Å². The van der Waals surface area contributed by atoms with E-state index in [0.29, 0.717) is 0 Å². The third-order valence-corrected chi connectivity index (χ3v) is 6.67. The van der Waals surface area contributed by atoms with E-state index in [1.54, 1.807) is 0 Å². The van der Waals surface area contributed by atoms with Crippen molar-refractivity contribution in [3.63, 3.8) is 0 Å². The predicted octanol–water partition coefficient (Wildman–Crippen LogP) is 4.47. The van der Waals surface area contributed by atoms with Gasteiger partial charge >= 0.3 is 0 Å². The fraction of sp³-hybridized carbons (Fsp3) is 0.385. The SMILES string of the molecule is Cc1cc([C@H]2[C@H](c3ccccn3)NC(=S)N2CCCN(C)C)c(C)n1Cc1ccccc1. The molecule has 1 aliphatic heterocycles. The number of rotatable bonds is 8. The van der Waals surface area contributed by atoms with Crippen molar-refractivity contribution in [2.45, 2.75) is 38.9 Å². The number of benzene rings is 1. The van der Waals surface area contributed by atoms with Crippen molar-refractivity contribution in [1.82, 2.24) is 24.7 Å². The molecule has 0 bridgehead atoms. The van der Waals surface area contributed by atoms with Crippen molar-refractivity contribution in [2.24, 2.45) is 0 Å². The van der Waals surface area contributed by atoms with Gasteiger partial charge in [-0.1, -0.05) is 36.4 Å². The maximum absolute atomic E-state index is 5.83. The molecule has 32 heavy (non-hydrogen) atoms. The van der Waals surface area contributed by atoms with Crippen LogP contribution in [-0.2, 0) is 6.54 Å². The Morgan fingerprint density at radius 1 is 1.06 bits per heavy atom. The topological polar surface area (TPSA) is 36.3 Å². The molecule has 0 amide bonds. The summed E-state index contributed by atoms with van der Waals surface area (Å²) in [4.78, 5) is 9.27. The van der Waals surface area contributed by atoms with Crippen LogP contribution in [0.5, 0.6) is 0 Å². The molecule has 0 saturated carbocycles. The van der Waals surface area contributed by atoms with Gasteiger partial charge in [-0.2, -0.15) is 0 Å². The second-order valence-electron chi connectivity index (χ2n) is 8.88. The van der Waals surface area contributed by atoms with Crippen LogP contribution in [0.25, 0.3) is 0 Å². The van der Waals surface area contributed by atoms with E-state index in [2.05, 4.69) is 101 Å². The van der Waals surface area contributed by atoms with E-state index in [0.717, 1.165) is 36.9 Å². The van der Waals surface area contributed by atoms with E-state index >= 15 is 0 Å². The Morgan fingerprint density at radius 3 is 2.50 bits per heavy atom. The van der Waals surface area contributed by atoms with Crippen molar-refractivity contribution >= 4 is 17.3 Å². The van der Waals surface area contributed by atoms with Gasteiger partial charge in [0.05, 0.1) is 17.8 Å². The van der Waals surface area contributed by atoms with Gasteiger partial charge in [0, 0.05) is 30.7 Å². The highest BCUT2D eigenvalue weighted by atomic mass is 32.1. The summed E-state index contributed by atoms with van der Waals surface area (Å²) in [5, 5.41) is 4.40. The molecular weight excluding hydrogens is 414 g/mol. The average molecular weight is 448 g/mol. The van der Waals surface area contributed by atoms with Gasteiger partial charge in [0.2, 0.25) is 0 Å². The summed E-state index contributed by atoms with van der Waals surface area (Å²) in [5.41, 5.74) is 6.23. The number of hydrogen-bond donors (Lipinski definition) is 1. The van der Waals surface area contributed by atoms with Crippen LogP contribution in [0.15, 0.2) is 60.8 Å². The number of nitrogens with zero attached hydrogens (tertiary/aromatic N) is 4. The van der Waals surface area contributed by atoms with E-state index in [-0.39, 0.29) is 12.1 Å². The summed E-state index contributed by atoms with van der Waals surface area (Å²) in [6.07, 6.45) is 2.92. The van der Waals surface area contributed by atoms with Gasteiger partial charge in [0.1, 0.15) is 0 Å². The van der Waals surface area contributed by atoms with Crippen LogP contribution in [0.2, 0.25) is 0 Å². The zero-order valence-corrected chi connectivity index (χ0v) is 20.3. The lowest BCUT2D eigenvalue weighted by molar-refractivity contribution is 0.292. The van der Waals surface area contributed by atoms with Crippen molar-refractivity contribution in [2.75, 3.05) is 27.2 Å². The van der Waals surface area contributed by atoms with E-state index in [4.69, 9.17) is 12.2 Å². The van der Waals surface area contributed by atoms with Crippen LogP contribution >= 0.6 is 12.2 Å². The molecule has 1 N–H and O–H groups in total. The van der Waals surface area contributed by atoms with Crippen LogP contribution in [-0.4, -0.2) is 51.6 Å². The molecule has 0 spiro atoms. The average Bonchev–Trinajstić information content (AvgIpc) is 3.25. The van der Waals surface area contributed by atoms with Crippen LogP contribution in [0.4, 0.5) is 0 Å². The zero-order chi connectivity index (χ0) is 22.7. The molecule has 1 saturated heterocycles. The fourth-order valence-electron chi connectivity index (χ4n) is 4.68. The minimum atomic E-state index is 0.0359. The summed E-state index contributed by atoms with van der Waals surface area (Å²) >= 11 is 5.83. The quantitative estimate of drug-likeness (QED) is 0.516. The second kappa shape index (κ2) is 9.84. The molecule has 2 aromatic heterocycles. The summed E-state index contributed by atoms with van der Waals surface area (Å²) in [7, 11) is 4.23. The summed E-state index contributed by atoms with van der Waals surface area (Å²) < 4.78 is 2.42. The lowest BCUT2D eigenvalue weighted by Crippen LogP contribution is -2.32. The molecule has 1 fully saturated rings. The highest BCUT2D eigenvalue weighted by molar-refractivity contribution is 7.80. The van der Waals surface area contributed by atoms with Gasteiger partial charge in [-0.05, 0) is 82.5 Å². The Hall–Kier alpha value is -2.70. The molecule has 2 atom stereocenters. The number of hydrogen-bond acceptors (Lipinski definition) is 3.